The van der Waals surface area contributed by atoms with Crippen LogP contribution in [0.1, 0.15) is 12.8 Å². The van der Waals surface area contributed by atoms with Crippen LogP contribution < -0.4 is 5.73 Å². The first-order valence-electron chi connectivity index (χ1n) is 3.69. The number of unbranched alkanes of at least 4 members (excludes halogenated alkanes) is 1. The Morgan fingerprint density at radius 1 is 1.45 bits per heavy atom. The predicted octanol–water partition coefficient (Wildman–Crippen LogP) is 1.07. The highest BCUT2D eigenvalue weighted by Crippen LogP contribution is 1.89. The lowest BCUT2D eigenvalue weighted by Crippen LogP contribution is -2.12. The van der Waals surface area contributed by atoms with Gasteiger partial charge in [-0.15, -0.1) is 0 Å². The third kappa shape index (κ3) is 12.4. The second kappa shape index (κ2) is 11.9. The molecule has 0 radical (unpaired) electrons. The predicted molar refractivity (Wildman–Crippen MR) is 51.0 cm³/mol. The molecule has 0 aromatic carbocycles. The monoisotopic (exact) mass is 157 g/mol. The molecular weight excluding hydrogens is 138 g/mol. The molecule has 66 valence electrons. The second-order valence-electron chi connectivity index (χ2n) is 2.16. The van der Waals surface area contributed by atoms with E-state index in [-0.39, 0.29) is 0 Å². The zero-order chi connectivity index (χ0) is 9.11. The van der Waals surface area contributed by atoms with Crippen molar-refractivity contribution in [3.63, 3.8) is 0 Å². The van der Waals surface area contributed by atoms with E-state index >= 15 is 0 Å². The van der Waals surface area contributed by atoms with E-state index in [0.29, 0.717) is 0 Å². The average Bonchev–Trinajstić information content (AvgIpc) is 2.08. The van der Waals surface area contributed by atoms with E-state index < -0.39 is 0 Å². The highest BCUT2D eigenvalue weighted by atomic mass is 15.1. The van der Waals surface area contributed by atoms with E-state index in [4.69, 9.17) is 11.1 Å². The second-order valence-corrected chi connectivity index (χ2v) is 2.16. The zero-order valence-electron chi connectivity index (χ0n) is 7.34. The third-order valence-electron chi connectivity index (χ3n) is 1.28. The van der Waals surface area contributed by atoms with Crippen LogP contribution in [0.15, 0.2) is 12.8 Å². The smallest absolute Gasteiger partial charge is 0.0169 e. The summed E-state index contributed by atoms with van der Waals surface area (Å²) in [5.74, 6) is 0. The first-order chi connectivity index (χ1) is 5.31. The largest absolute Gasteiger partial charge is 0.381 e. The Bertz CT molecular complexity index is 83.4. The summed E-state index contributed by atoms with van der Waals surface area (Å²) in [4.78, 5) is 2.07. The van der Waals surface area contributed by atoms with Gasteiger partial charge >= 0.3 is 0 Å². The van der Waals surface area contributed by atoms with Crippen LogP contribution in [0.5, 0.6) is 0 Å². The molecule has 0 bridgehead atoms. The first-order valence-corrected chi connectivity index (χ1v) is 3.69. The van der Waals surface area contributed by atoms with E-state index in [0.717, 1.165) is 19.5 Å². The standard InChI is InChI=1S/C7H16N2.CH3N/c1-3-9(2)7-5-4-6-8;1-2/h3H,1,4-8H2,2H3;2H,1H2. The Balaban J connectivity index is 0. The Hall–Kier alpha value is -0.830. The molecule has 0 unspecified atom stereocenters. The number of rotatable bonds is 5. The number of nitrogens with two attached hydrogens (primary N) is 1. The molecule has 0 heterocycles. The molecule has 0 amide bonds. The van der Waals surface area contributed by atoms with Gasteiger partial charge in [0.2, 0.25) is 0 Å². The molecule has 0 saturated carbocycles. The van der Waals surface area contributed by atoms with Gasteiger partial charge in [0.15, 0.2) is 0 Å². The minimum Gasteiger partial charge on any atom is -0.381 e. The Morgan fingerprint density at radius 3 is 2.36 bits per heavy atom. The van der Waals surface area contributed by atoms with Gasteiger partial charge in [0.1, 0.15) is 0 Å². The van der Waals surface area contributed by atoms with Crippen molar-refractivity contribution in [1.29, 1.82) is 5.41 Å². The van der Waals surface area contributed by atoms with Crippen LogP contribution in [-0.2, 0) is 0 Å². The van der Waals surface area contributed by atoms with Gasteiger partial charge in [-0.25, -0.2) is 0 Å². The van der Waals surface area contributed by atoms with Crippen molar-refractivity contribution in [1.82, 2.24) is 4.90 Å². The van der Waals surface area contributed by atoms with Crippen molar-refractivity contribution in [3.8, 4) is 0 Å². The molecule has 3 nitrogen and oxygen atoms in total. The normalized spacial score (nSPS) is 7.82. The number of hydrogen-bond acceptors (Lipinski definition) is 3. The molecule has 0 aliphatic heterocycles. The molecule has 0 aliphatic carbocycles. The average molecular weight is 157 g/mol. The van der Waals surface area contributed by atoms with Gasteiger partial charge < -0.3 is 16.0 Å². The van der Waals surface area contributed by atoms with Gasteiger partial charge in [-0.1, -0.05) is 6.58 Å². The summed E-state index contributed by atoms with van der Waals surface area (Å²) in [6.07, 6.45) is 4.10. The van der Waals surface area contributed by atoms with Crippen LogP contribution in [-0.4, -0.2) is 31.8 Å². The van der Waals surface area contributed by atoms with E-state index in [1.807, 2.05) is 13.2 Å². The van der Waals surface area contributed by atoms with Gasteiger partial charge in [-0.2, -0.15) is 0 Å². The fourth-order valence-corrected chi connectivity index (χ4v) is 0.597. The molecule has 0 aliphatic rings. The summed E-state index contributed by atoms with van der Waals surface area (Å²) in [7, 11) is 2.02. The summed E-state index contributed by atoms with van der Waals surface area (Å²) in [5.41, 5.74) is 5.31. The lowest BCUT2D eigenvalue weighted by molar-refractivity contribution is 0.439. The maximum absolute atomic E-state index is 5.50. The third-order valence-corrected chi connectivity index (χ3v) is 1.28. The molecule has 0 aromatic rings. The van der Waals surface area contributed by atoms with Gasteiger partial charge in [0, 0.05) is 13.6 Å². The SMILES string of the molecule is C=CN(C)CCCCN.C=N. The van der Waals surface area contributed by atoms with Crippen LogP contribution in [0, 0.1) is 5.41 Å². The van der Waals surface area contributed by atoms with Gasteiger partial charge in [-0.05, 0) is 32.3 Å². The van der Waals surface area contributed by atoms with Crippen LogP contribution >= 0.6 is 0 Å². The lowest BCUT2D eigenvalue weighted by atomic mass is 10.3. The van der Waals surface area contributed by atoms with Crippen molar-refractivity contribution in [2.24, 2.45) is 5.73 Å². The molecule has 3 heteroatoms. The fourth-order valence-electron chi connectivity index (χ4n) is 0.597. The molecule has 0 rings (SSSR count). The summed E-state index contributed by atoms with van der Waals surface area (Å²) in [6.45, 7) is 8.00. The minimum absolute atomic E-state index is 0.797. The lowest BCUT2D eigenvalue weighted by Gasteiger charge is -2.11. The minimum atomic E-state index is 0.797. The highest BCUT2D eigenvalue weighted by Gasteiger charge is 1.87. The van der Waals surface area contributed by atoms with Crippen LogP contribution in [0.3, 0.4) is 0 Å². The van der Waals surface area contributed by atoms with Crippen molar-refractivity contribution in [3.05, 3.63) is 12.8 Å². The van der Waals surface area contributed by atoms with Crippen LogP contribution in [0.4, 0.5) is 0 Å². The Labute approximate surface area is 69.4 Å². The summed E-state index contributed by atoms with van der Waals surface area (Å²) < 4.78 is 0. The molecule has 3 N–H and O–H groups in total. The van der Waals surface area contributed by atoms with Crippen molar-refractivity contribution in [2.45, 2.75) is 12.8 Å². The highest BCUT2D eigenvalue weighted by molar-refractivity contribution is 5.15. The molecule has 0 fully saturated rings. The van der Waals surface area contributed by atoms with Crippen molar-refractivity contribution < 1.29 is 0 Å². The zero-order valence-corrected chi connectivity index (χ0v) is 7.34. The molecule has 0 spiro atoms. The van der Waals surface area contributed by atoms with Crippen LogP contribution in [0.2, 0.25) is 0 Å². The topological polar surface area (TPSA) is 53.1 Å². The maximum atomic E-state index is 5.50. The summed E-state index contributed by atoms with van der Waals surface area (Å²) >= 11 is 0. The summed E-state index contributed by atoms with van der Waals surface area (Å²) in [6, 6.07) is 0. The summed E-state index contributed by atoms with van der Waals surface area (Å²) in [5, 5.41) is 5.50. The Morgan fingerprint density at radius 2 is 2.00 bits per heavy atom. The molecule has 0 aromatic heterocycles. The number of nitrogens with zero attached hydrogens (tertiary/aromatic N) is 1. The number of nitrogens with one attached hydrogen (secondary N) is 1. The van der Waals surface area contributed by atoms with E-state index in [9.17, 15) is 0 Å². The van der Waals surface area contributed by atoms with Crippen molar-refractivity contribution >= 4 is 6.72 Å². The van der Waals surface area contributed by atoms with E-state index in [1.54, 1.807) is 0 Å². The first kappa shape index (κ1) is 12.8. The van der Waals surface area contributed by atoms with Crippen molar-refractivity contribution in [2.75, 3.05) is 20.1 Å². The van der Waals surface area contributed by atoms with Crippen LogP contribution in [0.25, 0.3) is 0 Å². The van der Waals surface area contributed by atoms with E-state index in [1.165, 1.54) is 6.42 Å². The van der Waals surface area contributed by atoms with Gasteiger partial charge in [-0.3, -0.25) is 0 Å². The molecule has 11 heavy (non-hydrogen) atoms. The maximum Gasteiger partial charge on any atom is 0.0169 e. The molecular formula is C8H19N3. The van der Waals surface area contributed by atoms with E-state index in [2.05, 4.69) is 18.2 Å². The Kier molecular flexibility index (Phi) is 13.9. The fraction of sp³-hybridized carbons (Fsp3) is 0.625. The van der Waals surface area contributed by atoms with Gasteiger partial charge in [0.05, 0.1) is 0 Å². The van der Waals surface area contributed by atoms with Gasteiger partial charge in [0.25, 0.3) is 0 Å². The number of hydrogen-bond donors (Lipinski definition) is 2. The molecule has 0 saturated heterocycles. The quantitative estimate of drug-likeness (QED) is 0.463. The molecule has 0 atom stereocenters.